The highest BCUT2D eigenvalue weighted by Crippen LogP contribution is 2.30. The molecule has 1 heterocycles. The van der Waals surface area contributed by atoms with E-state index in [1.807, 2.05) is 6.92 Å². The molecule has 1 saturated heterocycles. The molecule has 0 aromatic rings. The molecule has 0 radical (unpaired) electrons. The van der Waals surface area contributed by atoms with Crippen LogP contribution in [0.1, 0.15) is 26.2 Å². The third-order valence-electron chi connectivity index (χ3n) is 3.08. The van der Waals surface area contributed by atoms with Crippen LogP contribution in [0.2, 0.25) is 0 Å². The zero-order valence-corrected chi connectivity index (χ0v) is 10.2. The van der Waals surface area contributed by atoms with Gasteiger partial charge in [-0.1, -0.05) is 6.92 Å². The largest absolute Gasteiger partial charge is 0.317 e. The van der Waals surface area contributed by atoms with E-state index in [4.69, 9.17) is 0 Å². The number of carbonyl (C=O) groups excluding carboxylic acids is 1. The first-order valence-corrected chi connectivity index (χ1v) is 7.31. The van der Waals surface area contributed by atoms with Crippen LogP contribution in [0, 0.1) is 5.41 Å². The number of hydrogen-bond donors (Lipinski definition) is 1. The van der Waals surface area contributed by atoms with Gasteiger partial charge in [-0.3, -0.25) is 4.79 Å². The lowest BCUT2D eigenvalue weighted by molar-refractivity contribution is -0.128. The van der Waals surface area contributed by atoms with Crippen molar-refractivity contribution in [1.29, 1.82) is 0 Å². The topological polar surface area (TPSA) is 63.2 Å². The van der Waals surface area contributed by atoms with Crippen LogP contribution >= 0.6 is 0 Å². The highest BCUT2D eigenvalue weighted by Gasteiger charge is 2.33. The summed E-state index contributed by atoms with van der Waals surface area (Å²) < 4.78 is 21.9. The summed E-state index contributed by atoms with van der Waals surface area (Å²) in [7, 11) is -3.02. The van der Waals surface area contributed by atoms with Crippen LogP contribution in [0.5, 0.6) is 0 Å². The van der Waals surface area contributed by atoms with E-state index in [1.165, 1.54) is 6.26 Å². The molecule has 0 amide bonds. The maximum absolute atomic E-state index is 11.9. The third kappa shape index (κ3) is 3.91. The number of rotatable bonds is 4. The molecular weight excluding hydrogens is 214 g/mol. The van der Waals surface area contributed by atoms with Crippen LogP contribution in [0.3, 0.4) is 0 Å². The van der Waals surface area contributed by atoms with E-state index < -0.39 is 9.84 Å². The maximum atomic E-state index is 11.9. The van der Waals surface area contributed by atoms with Gasteiger partial charge in [0.25, 0.3) is 0 Å². The molecule has 0 bridgehead atoms. The molecule has 0 aromatic heterocycles. The van der Waals surface area contributed by atoms with E-state index in [0.717, 1.165) is 25.9 Å². The van der Waals surface area contributed by atoms with E-state index >= 15 is 0 Å². The fourth-order valence-electron chi connectivity index (χ4n) is 1.84. The molecule has 0 aromatic carbocycles. The SMILES string of the molecule is CC1(C(=O)CCS(C)(=O)=O)CCNCC1. The predicted octanol–water partition coefficient (Wildman–Crippen LogP) is 0.380. The average Bonchev–Trinajstić information content (AvgIpc) is 2.14. The van der Waals surface area contributed by atoms with Crippen molar-refractivity contribution in [2.24, 2.45) is 5.41 Å². The normalized spacial score (nSPS) is 21.2. The van der Waals surface area contributed by atoms with Gasteiger partial charge in [-0.2, -0.15) is 0 Å². The lowest BCUT2D eigenvalue weighted by Crippen LogP contribution is -2.40. The third-order valence-corrected chi connectivity index (χ3v) is 4.03. The molecule has 15 heavy (non-hydrogen) atoms. The van der Waals surface area contributed by atoms with Crippen molar-refractivity contribution in [3.8, 4) is 0 Å². The van der Waals surface area contributed by atoms with E-state index in [0.29, 0.717) is 0 Å². The van der Waals surface area contributed by atoms with Gasteiger partial charge in [0.15, 0.2) is 0 Å². The van der Waals surface area contributed by atoms with Crippen molar-refractivity contribution in [2.75, 3.05) is 25.1 Å². The van der Waals surface area contributed by atoms with Gasteiger partial charge in [0.2, 0.25) is 0 Å². The molecule has 0 spiro atoms. The molecule has 1 N–H and O–H groups in total. The monoisotopic (exact) mass is 233 g/mol. The number of ketones is 1. The van der Waals surface area contributed by atoms with Gasteiger partial charge in [0.05, 0.1) is 5.75 Å². The number of sulfone groups is 1. The lowest BCUT2D eigenvalue weighted by Gasteiger charge is -2.32. The Labute approximate surface area is 91.4 Å². The van der Waals surface area contributed by atoms with E-state index in [1.54, 1.807) is 0 Å². The Bertz CT molecular complexity index is 329. The smallest absolute Gasteiger partial charge is 0.147 e. The molecule has 1 fully saturated rings. The number of hydrogen-bond acceptors (Lipinski definition) is 4. The van der Waals surface area contributed by atoms with Gasteiger partial charge in [-0.15, -0.1) is 0 Å². The Hall–Kier alpha value is -0.420. The van der Waals surface area contributed by atoms with Gasteiger partial charge >= 0.3 is 0 Å². The number of Topliss-reactive ketones (excluding diaryl/α,β-unsaturated/α-hetero) is 1. The summed E-state index contributed by atoms with van der Waals surface area (Å²) in [5.74, 6) is 0.0731. The lowest BCUT2D eigenvalue weighted by atomic mass is 9.76. The fraction of sp³-hybridized carbons (Fsp3) is 0.900. The van der Waals surface area contributed by atoms with Crippen molar-refractivity contribution in [2.45, 2.75) is 26.2 Å². The molecule has 1 rings (SSSR count). The van der Waals surface area contributed by atoms with Gasteiger partial charge in [-0.05, 0) is 25.9 Å². The summed E-state index contributed by atoms with van der Waals surface area (Å²) in [5.41, 5.74) is -0.310. The molecule has 0 saturated carbocycles. The minimum absolute atomic E-state index is 0.0190. The average molecular weight is 233 g/mol. The van der Waals surface area contributed by atoms with Gasteiger partial charge < -0.3 is 5.32 Å². The Kier molecular flexibility index (Phi) is 3.89. The molecule has 0 atom stereocenters. The van der Waals surface area contributed by atoms with Crippen molar-refractivity contribution in [3.05, 3.63) is 0 Å². The standard InChI is InChI=1S/C10H19NO3S/c1-10(4-6-11-7-5-10)9(12)3-8-15(2,13)14/h11H,3-8H2,1-2H3. The molecule has 0 aliphatic carbocycles. The van der Waals surface area contributed by atoms with Crippen molar-refractivity contribution in [1.82, 2.24) is 5.32 Å². The van der Waals surface area contributed by atoms with Crippen molar-refractivity contribution < 1.29 is 13.2 Å². The second-order valence-corrected chi connectivity index (χ2v) is 6.87. The Morgan fingerprint density at radius 3 is 2.33 bits per heavy atom. The molecule has 88 valence electrons. The first-order chi connectivity index (χ1) is 6.83. The van der Waals surface area contributed by atoms with E-state index in [9.17, 15) is 13.2 Å². The molecule has 1 aliphatic heterocycles. The fourth-order valence-corrected chi connectivity index (χ4v) is 2.39. The highest BCUT2D eigenvalue weighted by molar-refractivity contribution is 7.90. The van der Waals surface area contributed by atoms with Crippen LogP contribution in [-0.2, 0) is 14.6 Å². The number of piperidine rings is 1. The predicted molar refractivity (Wildman–Crippen MR) is 59.5 cm³/mol. The van der Waals surface area contributed by atoms with Gasteiger partial charge in [0.1, 0.15) is 15.6 Å². The summed E-state index contributed by atoms with van der Waals surface area (Å²) in [6, 6.07) is 0. The Balaban J connectivity index is 2.52. The van der Waals surface area contributed by atoms with E-state index in [2.05, 4.69) is 5.32 Å². The van der Waals surface area contributed by atoms with Crippen LogP contribution < -0.4 is 5.32 Å². The van der Waals surface area contributed by atoms with Gasteiger partial charge in [0, 0.05) is 18.1 Å². The summed E-state index contributed by atoms with van der Waals surface area (Å²) in [6.07, 6.45) is 2.96. The molecule has 5 heteroatoms. The van der Waals surface area contributed by atoms with E-state index in [-0.39, 0.29) is 23.4 Å². The summed E-state index contributed by atoms with van der Waals surface area (Å²) in [6.45, 7) is 3.64. The second-order valence-electron chi connectivity index (χ2n) is 4.61. The van der Waals surface area contributed by atoms with Gasteiger partial charge in [-0.25, -0.2) is 8.42 Å². The zero-order valence-electron chi connectivity index (χ0n) is 9.38. The maximum Gasteiger partial charge on any atom is 0.147 e. The highest BCUT2D eigenvalue weighted by atomic mass is 32.2. The minimum Gasteiger partial charge on any atom is -0.317 e. The molecule has 1 aliphatic rings. The second kappa shape index (κ2) is 4.61. The quantitative estimate of drug-likeness (QED) is 0.762. The zero-order chi connectivity index (χ0) is 11.5. The van der Waals surface area contributed by atoms with Crippen LogP contribution in [-0.4, -0.2) is 39.3 Å². The summed E-state index contributed by atoms with van der Waals surface area (Å²) in [4.78, 5) is 11.9. The summed E-state index contributed by atoms with van der Waals surface area (Å²) in [5, 5.41) is 3.20. The molecule has 4 nitrogen and oxygen atoms in total. The van der Waals surface area contributed by atoms with Crippen LogP contribution in [0.4, 0.5) is 0 Å². The minimum atomic E-state index is -3.02. The number of nitrogens with one attached hydrogen (secondary N) is 1. The first kappa shape index (κ1) is 12.6. The number of carbonyl (C=O) groups is 1. The molecular formula is C10H19NO3S. The Morgan fingerprint density at radius 2 is 1.87 bits per heavy atom. The van der Waals surface area contributed by atoms with Crippen molar-refractivity contribution >= 4 is 15.6 Å². The van der Waals surface area contributed by atoms with Crippen LogP contribution in [0.15, 0.2) is 0 Å². The Morgan fingerprint density at radius 1 is 1.33 bits per heavy atom. The summed E-state index contributed by atoms with van der Waals surface area (Å²) >= 11 is 0. The van der Waals surface area contributed by atoms with Crippen molar-refractivity contribution in [3.63, 3.8) is 0 Å². The molecule has 0 unspecified atom stereocenters. The first-order valence-electron chi connectivity index (χ1n) is 5.25. The van der Waals surface area contributed by atoms with Crippen LogP contribution in [0.25, 0.3) is 0 Å².